The fourth-order valence-corrected chi connectivity index (χ4v) is 6.19. The van der Waals surface area contributed by atoms with Crippen LogP contribution in [-0.2, 0) is 6.54 Å². The van der Waals surface area contributed by atoms with Gasteiger partial charge in [-0.25, -0.2) is 4.68 Å². The van der Waals surface area contributed by atoms with Gasteiger partial charge in [-0.15, -0.1) is 5.10 Å². The highest BCUT2D eigenvalue weighted by atomic mass is 16.1. The van der Waals surface area contributed by atoms with E-state index in [1.807, 2.05) is 12.1 Å². The molecule has 2 saturated carbocycles. The first-order valence-electron chi connectivity index (χ1n) is 13.2. The van der Waals surface area contributed by atoms with E-state index < -0.39 is 0 Å². The predicted molar refractivity (Wildman–Crippen MR) is 135 cm³/mol. The van der Waals surface area contributed by atoms with Crippen LogP contribution in [0.25, 0.3) is 10.9 Å². The number of nitrogens with zero attached hydrogens (tertiary/aromatic N) is 5. The molecule has 1 aromatic carbocycles. The monoisotopic (exact) mass is 462 g/mol. The van der Waals surface area contributed by atoms with Crippen molar-refractivity contribution in [2.75, 3.05) is 0 Å². The van der Waals surface area contributed by atoms with Crippen molar-refractivity contribution < 1.29 is 0 Å². The van der Waals surface area contributed by atoms with Gasteiger partial charge in [0.05, 0.1) is 12.1 Å². The Labute approximate surface area is 201 Å². The number of aromatic amines is 1. The van der Waals surface area contributed by atoms with Gasteiger partial charge in [-0.3, -0.25) is 9.69 Å². The van der Waals surface area contributed by atoms with Crippen LogP contribution in [0.15, 0.2) is 29.1 Å². The zero-order chi connectivity index (χ0) is 23.7. The van der Waals surface area contributed by atoms with E-state index in [4.69, 9.17) is 0 Å². The summed E-state index contributed by atoms with van der Waals surface area (Å²) < 4.78 is 2.11. The fourth-order valence-electron chi connectivity index (χ4n) is 6.19. The first kappa shape index (κ1) is 23.2. The zero-order valence-electron chi connectivity index (χ0n) is 20.8. The van der Waals surface area contributed by atoms with Gasteiger partial charge in [-0.2, -0.15) is 0 Å². The molecule has 2 aromatic heterocycles. The van der Waals surface area contributed by atoms with E-state index >= 15 is 0 Å². The smallest absolute Gasteiger partial charge is 0.252 e. The molecule has 7 heteroatoms. The number of aryl methyl sites for hydroxylation is 1. The molecule has 5 rings (SSSR count). The van der Waals surface area contributed by atoms with Crippen LogP contribution in [-0.4, -0.2) is 36.1 Å². The second-order valence-corrected chi connectivity index (χ2v) is 10.8. The van der Waals surface area contributed by atoms with E-state index in [0.717, 1.165) is 35.1 Å². The molecule has 34 heavy (non-hydrogen) atoms. The third-order valence-electron chi connectivity index (χ3n) is 7.92. The molecular formula is C27H38N6O. The summed E-state index contributed by atoms with van der Waals surface area (Å²) in [5.41, 5.74) is 2.93. The summed E-state index contributed by atoms with van der Waals surface area (Å²) >= 11 is 0. The molecule has 3 aromatic rings. The van der Waals surface area contributed by atoms with Crippen LogP contribution < -0.4 is 5.56 Å². The lowest BCUT2D eigenvalue weighted by atomic mass is 9.90. The van der Waals surface area contributed by atoms with Crippen molar-refractivity contribution in [2.45, 2.75) is 103 Å². The predicted octanol–water partition coefficient (Wildman–Crippen LogP) is 5.47. The summed E-state index contributed by atoms with van der Waals surface area (Å²) in [6.07, 6.45) is 10.9. The number of rotatable bonds is 7. The van der Waals surface area contributed by atoms with Gasteiger partial charge in [0.2, 0.25) is 0 Å². The molecule has 0 saturated heterocycles. The van der Waals surface area contributed by atoms with Crippen LogP contribution in [0.4, 0.5) is 0 Å². The van der Waals surface area contributed by atoms with Crippen LogP contribution >= 0.6 is 0 Å². The molecule has 0 amide bonds. The molecule has 7 nitrogen and oxygen atoms in total. The van der Waals surface area contributed by atoms with Gasteiger partial charge >= 0.3 is 0 Å². The van der Waals surface area contributed by atoms with E-state index in [1.54, 1.807) is 0 Å². The van der Waals surface area contributed by atoms with Gasteiger partial charge < -0.3 is 4.98 Å². The lowest BCUT2D eigenvalue weighted by Crippen LogP contribution is -2.43. The Bertz CT molecular complexity index is 1170. The Morgan fingerprint density at radius 3 is 2.53 bits per heavy atom. The number of pyridine rings is 1. The molecule has 1 atom stereocenters. The van der Waals surface area contributed by atoms with Crippen LogP contribution in [0.2, 0.25) is 0 Å². The average Bonchev–Trinajstić information content (AvgIpc) is 3.52. The minimum absolute atomic E-state index is 0.00931. The maximum Gasteiger partial charge on any atom is 0.252 e. The fraction of sp³-hybridized carbons (Fsp3) is 0.630. The lowest BCUT2D eigenvalue weighted by molar-refractivity contribution is 0.0598. The second-order valence-electron chi connectivity index (χ2n) is 10.8. The van der Waals surface area contributed by atoms with Gasteiger partial charge in [0, 0.05) is 23.7 Å². The van der Waals surface area contributed by atoms with Crippen molar-refractivity contribution in [1.29, 1.82) is 0 Å². The van der Waals surface area contributed by atoms with Crippen LogP contribution in [0.3, 0.4) is 0 Å². The third-order valence-corrected chi connectivity index (χ3v) is 7.92. The van der Waals surface area contributed by atoms with Crippen molar-refractivity contribution in [1.82, 2.24) is 30.1 Å². The number of fused-ring (bicyclic) bond motifs is 1. The number of hydrogen-bond acceptors (Lipinski definition) is 5. The Kier molecular flexibility index (Phi) is 6.82. The molecule has 2 heterocycles. The standard InChI is InChI=1S/C27H38N6O/c1-18(2)25(26-29-30-31-33(26)23-11-7-8-12-23)32(22-9-5-4-6-10-22)17-21-16-20-15-19(3)13-14-24(20)28-27(21)34/h13-16,18,22-23,25H,4-12,17H2,1-3H3,(H,28,34). The number of hydrogen-bond donors (Lipinski definition) is 1. The summed E-state index contributed by atoms with van der Waals surface area (Å²) in [4.78, 5) is 18.9. The molecule has 2 aliphatic carbocycles. The van der Waals surface area contributed by atoms with Crippen molar-refractivity contribution in [3.63, 3.8) is 0 Å². The van der Waals surface area contributed by atoms with E-state index in [0.29, 0.717) is 24.5 Å². The van der Waals surface area contributed by atoms with Crippen molar-refractivity contribution in [2.24, 2.45) is 5.92 Å². The first-order valence-corrected chi connectivity index (χ1v) is 13.2. The van der Waals surface area contributed by atoms with Crippen LogP contribution in [0, 0.1) is 12.8 Å². The highest BCUT2D eigenvalue weighted by molar-refractivity contribution is 5.79. The topological polar surface area (TPSA) is 79.7 Å². The number of benzene rings is 1. The molecule has 0 aliphatic heterocycles. The summed E-state index contributed by atoms with van der Waals surface area (Å²) in [6.45, 7) is 7.24. The van der Waals surface area contributed by atoms with E-state index in [-0.39, 0.29) is 11.6 Å². The highest BCUT2D eigenvalue weighted by Crippen LogP contribution is 2.38. The number of tetrazole rings is 1. The molecule has 0 bridgehead atoms. The van der Waals surface area contributed by atoms with E-state index in [1.165, 1.54) is 50.5 Å². The number of nitrogens with one attached hydrogen (secondary N) is 1. The Morgan fingerprint density at radius 2 is 1.79 bits per heavy atom. The highest BCUT2D eigenvalue weighted by Gasteiger charge is 2.36. The Hall–Kier alpha value is -2.54. The number of H-pyrrole nitrogens is 1. The first-order chi connectivity index (χ1) is 16.5. The SMILES string of the molecule is Cc1ccc2[nH]c(=O)c(CN(C3CCCCC3)C(c3nnnn3C3CCCC3)C(C)C)cc2c1. The molecule has 0 spiro atoms. The van der Waals surface area contributed by atoms with Crippen LogP contribution in [0.5, 0.6) is 0 Å². The summed E-state index contributed by atoms with van der Waals surface area (Å²) in [5.74, 6) is 1.30. The zero-order valence-corrected chi connectivity index (χ0v) is 20.8. The molecular weight excluding hydrogens is 424 g/mol. The number of aromatic nitrogens is 5. The molecule has 1 N–H and O–H groups in total. The quantitative estimate of drug-likeness (QED) is 0.504. The lowest BCUT2D eigenvalue weighted by Gasteiger charge is -2.41. The maximum absolute atomic E-state index is 13.2. The molecule has 2 aliphatic rings. The van der Waals surface area contributed by atoms with E-state index in [9.17, 15) is 4.79 Å². The van der Waals surface area contributed by atoms with Crippen LogP contribution in [0.1, 0.15) is 101 Å². The minimum Gasteiger partial charge on any atom is -0.322 e. The largest absolute Gasteiger partial charge is 0.322 e. The summed E-state index contributed by atoms with van der Waals surface area (Å²) in [7, 11) is 0. The molecule has 0 radical (unpaired) electrons. The molecule has 2 fully saturated rings. The van der Waals surface area contributed by atoms with Gasteiger partial charge in [-0.05, 0) is 72.5 Å². The molecule has 1 unspecified atom stereocenters. The summed E-state index contributed by atoms with van der Waals surface area (Å²) in [5, 5.41) is 14.3. The second kappa shape index (κ2) is 9.98. The normalized spacial score (nSPS) is 19.0. The third kappa shape index (κ3) is 4.67. The minimum atomic E-state index is 0.00931. The molecule has 182 valence electrons. The van der Waals surface area contributed by atoms with Gasteiger partial charge in [0.1, 0.15) is 0 Å². The van der Waals surface area contributed by atoms with Gasteiger partial charge in [0.25, 0.3) is 5.56 Å². The van der Waals surface area contributed by atoms with Gasteiger partial charge in [-0.1, -0.05) is 57.6 Å². The maximum atomic E-state index is 13.2. The average molecular weight is 463 g/mol. The van der Waals surface area contributed by atoms with Crippen molar-refractivity contribution in [3.8, 4) is 0 Å². The van der Waals surface area contributed by atoms with Crippen molar-refractivity contribution in [3.05, 3.63) is 51.6 Å². The van der Waals surface area contributed by atoms with Crippen molar-refractivity contribution >= 4 is 10.9 Å². The van der Waals surface area contributed by atoms with E-state index in [2.05, 4.69) is 63.0 Å². The van der Waals surface area contributed by atoms with Gasteiger partial charge in [0.15, 0.2) is 5.82 Å². The summed E-state index contributed by atoms with van der Waals surface area (Å²) in [6, 6.07) is 9.19. The Morgan fingerprint density at radius 1 is 1.06 bits per heavy atom. The Balaban J connectivity index is 1.55.